The molecule has 7 nitrogen and oxygen atoms in total. The first kappa shape index (κ1) is 21.9. The first-order valence-electron chi connectivity index (χ1n) is 10.6. The second kappa shape index (κ2) is 8.29. The highest BCUT2D eigenvalue weighted by atomic mass is 19.4. The van der Waals surface area contributed by atoms with E-state index in [0.29, 0.717) is 31.6 Å². The SMILES string of the molecule is COC(=O)N1C[C@@H](c2cc(C)nc3cc(C4CCC(C(F)(F)F)CC4)nn23)O[C@@H](C)C1. The molecule has 2 fully saturated rings. The van der Waals surface area contributed by atoms with Crippen molar-refractivity contribution in [1.82, 2.24) is 19.5 Å². The molecule has 1 saturated carbocycles. The first-order chi connectivity index (χ1) is 14.7. The van der Waals surface area contributed by atoms with Gasteiger partial charge in [0, 0.05) is 17.7 Å². The molecule has 0 radical (unpaired) electrons. The Morgan fingerprint density at radius 2 is 1.90 bits per heavy atom. The molecule has 10 heteroatoms. The lowest BCUT2D eigenvalue weighted by Crippen LogP contribution is -2.46. The quantitative estimate of drug-likeness (QED) is 0.692. The summed E-state index contributed by atoms with van der Waals surface area (Å²) in [6.07, 6.45) is -3.99. The second-order valence-electron chi connectivity index (χ2n) is 8.56. The minimum atomic E-state index is -4.13. The van der Waals surface area contributed by atoms with Gasteiger partial charge < -0.3 is 14.4 Å². The van der Waals surface area contributed by atoms with Crippen molar-refractivity contribution in [1.29, 1.82) is 0 Å². The van der Waals surface area contributed by atoms with Gasteiger partial charge in [-0.15, -0.1) is 0 Å². The molecule has 31 heavy (non-hydrogen) atoms. The molecule has 1 saturated heterocycles. The standard InChI is InChI=1S/C21H27F3N4O3/c1-12-8-17(18-11-27(20(29)30-3)10-13(2)31-18)28-19(25-12)9-16(26-28)14-4-6-15(7-5-14)21(22,23)24/h8-9,13-15,18H,4-7,10-11H2,1-3H3/t13-,14?,15?,18-/m0/s1. The number of fused-ring (bicyclic) bond motifs is 1. The van der Waals surface area contributed by atoms with Crippen LogP contribution in [0.4, 0.5) is 18.0 Å². The third-order valence-corrected chi connectivity index (χ3v) is 6.23. The van der Waals surface area contributed by atoms with Gasteiger partial charge >= 0.3 is 12.3 Å². The lowest BCUT2D eigenvalue weighted by molar-refractivity contribution is -0.182. The molecule has 4 rings (SSSR count). The van der Waals surface area contributed by atoms with Crippen molar-refractivity contribution in [3.8, 4) is 0 Å². The van der Waals surface area contributed by atoms with Gasteiger partial charge in [-0.05, 0) is 45.6 Å². The molecule has 2 atom stereocenters. The minimum absolute atomic E-state index is 0.0220. The van der Waals surface area contributed by atoms with E-state index < -0.39 is 24.3 Å². The van der Waals surface area contributed by atoms with Crippen LogP contribution in [-0.2, 0) is 9.47 Å². The normalized spacial score (nSPS) is 27.5. The number of aromatic nitrogens is 3. The zero-order valence-electron chi connectivity index (χ0n) is 17.9. The molecule has 2 aliphatic rings. The van der Waals surface area contributed by atoms with Gasteiger partial charge in [0.1, 0.15) is 6.10 Å². The van der Waals surface area contributed by atoms with Crippen molar-refractivity contribution in [3.05, 3.63) is 29.2 Å². The van der Waals surface area contributed by atoms with Crippen LogP contribution in [0, 0.1) is 12.8 Å². The Kier molecular flexibility index (Phi) is 5.85. The van der Waals surface area contributed by atoms with Crippen molar-refractivity contribution in [2.75, 3.05) is 20.2 Å². The maximum atomic E-state index is 13.0. The maximum absolute atomic E-state index is 13.0. The number of amides is 1. The van der Waals surface area contributed by atoms with Crippen molar-refractivity contribution in [3.63, 3.8) is 0 Å². The molecule has 1 aliphatic carbocycles. The summed E-state index contributed by atoms with van der Waals surface area (Å²) < 4.78 is 51.7. The average molecular weight is 440 g/mol. The van der Waals surface area contributed by atoms with Crippen LogP contribution in [0.3, 0.4) is 0 Å². The number of nitrogens with zero attached hydrogens (tertiary/aromatic N) is 4. The second-order valence-corrected chi connectivity index (χ2v) is 8.56. The summed E-state index contributed by atoms with van der Waals surface area (Å²) in [5, 5.41) is 4.71. The maximum Gasteiger partial charge on any atom is 0.409 e. The van der Waals surface area contributed by atoms with E-state index in [2.05, 4.69) is 4.98 Å². The molecule has 1 aliphatic heterocycles. The molecule has 3 heterocycles. The highest BCUT2D eigenvalue weighted by molar-refractivity contribution is 5.67. The molecule has 0 bridgehead atoms. The van der Waals surface area contributed by atoms with Crippen LogP contribution in [0.15, 0.2) is 12.1 Å². The van der Waals surface area contributed by atoms with Crippen LogP contribution in [0.1, 0.15) is 61.7 Å². The van der Waals surface area contributed by atoms with Gasteiger partial charge in [0.15, 0.2) is 5.65 Å². The van der Waals surface area contributed by atoms with Crippen LogP contribution in [0.5, 0.6) is 0 Å². The Balaban J connectivity index is 1.61. The summed E-state index contributed by atoms with van der Waals surface area (Å²) >= 11 is 0. The highest BCUT2D eigenvalue weighted by Crippen LogP contribution is 2.42. The highest BCUT2D eigenvalue weighted by Gasteiger charge is 2.42. The summed E-state index contributed by atoms with van der Waals surface area (Å²) in [4.78, 5) is 18.2. The topological polar surface area (TPSA) is 69.0 Å². The fourth-order valence-corrected chi connectivity index (χ4v) is 4.69. The van der Waals surface area contributed by atoms with Crippen LogP contribution >= 0.6 is 0 Å². The van der Waals surface area contributed by atoms with Gasteiger partial charge in [-0.2, -0.15) is 18.3 Å². The summed E-state index contributed by atoms with van der Waals surface area (Å²) in [5.41, 5.74) is 2.93. The van der Waals surface area contributed by atoms with Crippen LogP contribution in [0.2, 0.25) is 0 Å². The molecule has 2 aromatic rings. The number of carbonyl (C=O) groups excluding carboxylic acids is 1. The molecule has 170 valence electrons. The Bertz CT molecular complexity index is 953. The third-order valence-electron chi connectivity index (χ3n) is 6.23. The molecule has 0 N–H and O–H groups in total. The zero-order valence-corrected chi connectivity index (χ0v) is 17.9. The number of halogens is 3. The van der Waals surface area contributed by atoms with Gasteiger partial charge in [-0.1, -0.05) is 0 Å². The number of morpholine rings is 1. The monoisotopic (exact) mass is 440 g/mol. The lowest BCUT2D eigenvalue weighted by Gasteiger charge is -2.36. The lowest BCUT2D eigenvalue weighted by atomic mass is 9.80. The number of carbonyl (C=O) groups is 1. The van der Waals surface area contributed by atoms with Gasteiger partial charge in [-0.25, -0.2) is 14.3 Å². The number of ether oxygens (including phenoxy) is 2. The molecular formula is C21H27F3N4O3. The Labute approximate surface area is 178 Å². The van der Waals surface area contributed by atoms with E-state index in [9.17, 15) is 18.0 Å². The average Bonchev–Trinajstić information content (AvgIpc) is 3.15. The van der Waals surface area contributed by atoms with E-state index in [0.717, 1.165) is 17.1 Å². The predicted octanol–water partition coefficient (Wildman–Crippen LogP) is 4.40. The van der Waals surface area contributed by atoms with Crippen molar-refractivity contribution < 1.29 is 27.4 Å². The summed E-state index contributed by atoms with van der Waals surface area (Å²) in [7, 11) is 1.35. The Morgan fingerprint density at radius 1 is 1.19 bits per heavy atom. The fourth-order valence-electron chi connectivity index (χ4n) is 4.69. The predicted molar refractivity (Wildman–Crippen MR) is 106 cm³/mol. The van der Waals surface area contributed by atoms with Gasteiger partial charge in [0.2, 0.25) is 0 Å². The zero-order chi connectivity index (χ0) is 22.3. The van der Waals surface area contributed by atoms with Gasteiger partial charge in [0.05, 0.1) is 43.6 Å². The molecule has 0 unspecified atom stereocenters. The van der Waals surface area contributed by atoms with E-state index in [1.807, 2.05) is 26.0 Å². The van der Waals surface area contributed by atoms with Gasteiger partial charge in [0.25, 0.3) is 0 Å². The van der Waals surface area contributed by atoms with E-state index in [4.69, 9.17) is 14.6 Å². The van der Waals surface area contributed by atoms with Gasteiger partial charge in [-0.3, -0.25) is 0 Å². The molecular weight excluding hydrogens is 413 g/mol. The van der Waals surface area contributed by atoms with Crippen LogP contribution in [-0.4, -0.2) is 58.1 Å². The summed E-state index contributed by atoms with van der Waals surface area (Å²) in [5.74, 6) is -1.25. The Hall–Kier alpha value is -2.36. The number of hydrogen-bond acceptors (Lipinski definition) is 5. The Morgan fingerprint density at radius 3 is 2.55 bits per heavy atom. The summed E-state index contributed by atoms with van der Waals surface area (Å²) in [6, 6.07) is 3.74. The van der Waals surface area contributed by atoms with Crippen molar-refractivity contribution >= 4 is 11.7 Å². The van der Waals surface area contributed by atoms with Crippen LogP contribution < -0.4 is 0 Å². The molecule has 1 amide bonds. The molecule has 0 aromatic carbocycles. The summed E-state index contributed by atoms with van der Waals surface area (Å²) in [6.45, 7) is 4.51. The van der Waals surface area contributed by atoms with E-state index in [-0.39, 0.29) is 24.9 Å². The minimum Gasteiger partial charge on any atom is -0.453 e. The third kappa shape index (κ3) is 4.49. The smallest absolute Gasteiger partial charge is 0.409 e. The number of rotatable bonds is 2. The van der Waals surface area contributed by atoms with E-state index in [1.54, 1.807) is 9.42 Å². The number of methoxy groups -OCH3 is 1. The van der Waals surface area contributed by atoms with E-state index >= 15 is 0 Å². The number of alkyl halides is 3. The van der Waals surface area contributed by atoms with Crippen molar-refractivity contribution in [2.45, 2.75) is 63.8 Å². The fraction of sp³-hybridized carbons (Fsp3) is 0.667. The molecule has 0 spiro atoms. The van der Waals surface area contributed by atoms with Crippen molar-refractivity contribution in [2.24, 2.45) is 5.92 Å². The van der Waals surface area contributed by atoms with Crippen LogP contribution in [0.25, 0.3) is 5.65 Å². The molecule has 2 aromatic heterocycles. The largest absolute Gasteiger partial charge is 0.453 e. The number of hydrogen-bond donors (Lipinski definition) is 0. The van der Waals surface area contributed by atoms with E-state index in [1.165, 1.54) is 7.11 Å². The number of aryl methyl sites for hydroxylation is 1. The first-order valence-corrected chi connectivity index (χ1v) is 10.6.